The van der Waals surface area contributed by atoms with Crippen LogP contribution in [0.15, 0.2) is 30.6 Å². The third-order valence-corrected chi connectivity index (χ3v) is 8.51. The third-order valence-electron chi connectivity index (χ3n) is 8.51. The number of hydrogen-bond acceptors (Lipinski definition) is 7. The molecule has 2 N–H and O–H groups in total. The normalized spacial score (nSPS) is 20.0. The van der Waals surface area contributed by atoms with E-state index in [9.17, 15) is 4.79 Å². The highest BCUT2D eigenvalue weighted by atomic mass is 16.2. The van der Waals surface area contributed by atoms with Gasteiger partial charge in [0, 0.05) is 44.3 Å². The first kappa shape index (κ1) is 25.1. The van der Waals surface area contributed by atoms with Crippen LogP contribution in [0.2, 0.25) is 0 Å². The van der Waals surface area contributed by atoms with Crippen LogP contribution >= 0.6 is 0 Å². The van der Waals surface area contributed by atoms with Crippen LogP contribution in [0.5, 0.6) is 0 Å². The molecule has 1 saturated heterocycles. The zero-order valence-electron chi connectivity index (χ0n) is 23.0. The summed E-state index contributed by atoms with van der Waals surface area (Å²) in [4.78, 5) is 31.8. The zero-order valence-corrected chi connectivity index (χ0v) is 23.0. The average molecular weight is 517 g/mol. The Hall–Kier alpha value is -3.20. The molecule has 3 aromatic rings. The predicted molar refractivity (Wildman–Crippen MR) is 151 cm³/mol. The number of nitrogens with one attached hydrogen (secondary N) is 2. The van der Waals surface area contributed by atoms with Crippen LogP contribution in [0.4, 0.5) is 17.5 Å². The van der Waals surface area contributed by atoms with Crippen molar-refractivity contribution in [1.82, 2.24) is 29.7 Å². The standard InChI is InChI=1S/C29H40N8O/c1-28(2,3)11-12-35-13-15-36(16-14-35)22-7-8-24(30-19-22)33-27-31-18-21-17-23-26(38)32-20-29(9-5-4-6-10-29)37(23)25(21)34-27/h7-8,17-19H,4-6,9-16,20H2,1-3H3,(H,32,38)(H,30,31,33,34). The van der Waals surface area contributed by atoms with Gasteiger partial charge in [-0.1, -0.05) is 40.0 Å². The first-order chi connectivity index (χ1) is 18.3. The van der Waals surface area contributed by atoms with E-state index in [-0.39, 0.29) is 11.4 Å². The molecular weight excluding hydrogens is 476 g/mol. The molecule has 1 spiro atoms. The van der Waals surface area contributed by atoms with Crippen molar-refractivity contribution in [2.75, 3.05) is 49.5 Å². The molecule has 6 rings (SSSR count). The molecule has 3 aliphatic rings. The van der Waals surface area contributed by atoms with Gasteiger partial charge in [0.25, 0.3) is 5.91 Å². The van der Waals surface area contributed by atoms with Gasteiger partial charge in [-0.25, -0.2) is 9.97 Å². The van der Waals surface area contributed by atoms with Crippen LogP contribution in [0, 0.1) is 5.41 Å². The summed E-state index contributed by atoms with van der Waals surface area (Å²) in [5, 5.41) is 7.31. The van der Waals surface area contributed by atoms with Crippen molar-refractivity contribution in [1.29, 1.82) is 0 Å². The number of pyridine rings is 1. The summed E-state index contributed by atoms with van der Waals surface area (Å²) < 4.78 is 2.20. The lowest BCUT2D eigenvalue weighted by Gasteiger charge is -2.42. The molecule has 0 unspecified atom stereocenters. The van der Waals surface area contributed by atoms with Gasteiger partial charge in [0.1, 0.15) is 17.2 Å². The SMILES string of the molecule is CC(C)(C)CCN1CCN(c2ccc(Nc3ncc4cc5n(c4n3)C3(CCCCC3)CNC5=O)nc2)CC1. The summed E-state index contributed by atoms with van der Waals surface area (Å²) in [5.74, 6) is 1.19. The van der Waals surface area contributed by atoms with E-state index >= 15 is 0 Å². The van der Waals surface area contributed by atoms with Crippen molar-refractivity contribution in [3.05, 3.63) is 36.3 Å². The highest BCUT2D eigenvalue weighted by Crippen LogP contribution is 2.40. The fraction of sp³-hybridized carbons (Fsp3) is 0.586. The van der Waals surface area contributed by atoms with Crippen molar-refractivity contribution in [3.8, 4) is 0 Å². The number of carbonyl (C=O) groups excluding carboxylic acids is 1. The number of piperazine rings is 1. The monoisotopic (exact) mass is 516 g/mol. The summed E-state index contributed by atoms with van der Waals surface area (Å²) in [7, 11) is 0. The second-order valence-corrected chi connectivity index (χ2v) is 12.5. The lowest BCUT2D eigenvalue weighted by Crippen LogP contribution is -2.52. The maximum atomic E-state index is 12.7. The minimum atomic E-state index is -0.0917. The molecule has 3 aromatic heterocycles. The molecule has 38 heavy (non-hydrogen) atoms. The van der Waals surface area contributed by atoms with Gasteiger partial charge in [-0.2, -0.15) is 4.98 Å². The fourth-order valence-corrected chi connectivity index (χ4v) is 6.21. The van der Waals surface area contributed by atoms with Crippen LogP contribution < -0.4 is 15.5 Å². The molecular formula is C29H40N8O. The van der Waals surface area contributed by atoms with Crippen LogP contribution in [0.3, 0.4) is 0 Å². The summed E-state index contributed by atoms with van der Waals surface area (Å²) in [6, 6.07) is 6.05. The van der Waals surface area contributed by atoms with Crippen LogP contribution in [0.1, 0.15) is 69.8 Å². The van der Waals surface area contributed by atoms with Gasteiger partial charge in [0.2, 0.25) is 5.95 Å². The summed E-state index contributed by atoms with van der Waals surface area (Å²) >= 11 is 0. The van der Waals surface area contributed by atoms with Crippen molar-refractivity contribution in [2.24, 2.45) is 5.41 Å². The molecule has 2 aliphatic heterocycles. The molecule has 202 valence electrons. The van der Waals surface area contributed by atoms with E-state index in [0.29, 0.717) is 29.4 Å². The number of nitrogens with zero attached hydrogens (tertiary/aromatic N) is 6. The van der Waals surface area contributed by atoms with Crippen molar-refractivity contribution in [3.63, 3.8) is 0 Å². The van der Waals surface area contributed by atoms with Gasteiger partial charge in [-0.15, -0.1) is 0 Å². The second-order valence-electron chi connectivity index (χ2n) is 12.5. The Morgan fingerprint density at radius 3 is 2.53 bits per heavy atom. The van der Waals surface area contributed by atoms with Gasteiger partial charge in [0.05, 0.1) is 17.4 Å². The molecule has 9 nitrogen and oxygen atoms in total. The molecule has 0 bridgehead atoms. The summed E-state index contributed by atoms with van der Waals surface area (Å²) in [6.45, 7) is 13.0. The average Bonchev–Trinajstić information content (AvgIpc) is 3.31. The molecule has 5 heterocycles. The van der Waals surface area contributed by atoms with E-state index in [1.54, 1.807) is 0 Å². The number of fused-ring (bicyclic) bond motifs is 4. The second kappa shape index (κ2) is 9.84. The maximum Gasteiger partial charge on any atom is 0.268 e. The van der Waals surface area contributed by atoms with Crippen molar-refractivity contribution < 1.29 is 4.79 Å². The van der Waals surface area contributed by atoms with E-state index in [0.717, 1.165) is 55.7 Å². The molecule has 9 heteroatoms. The minimum absolute atomic E-state index is 0.0269. The lowest BCUT2D eigenvalue weighted by molar-refractivity contribution is 0.0833. The number of aromatic nitrogens is 4. The Morgan fingerprint density at radius 1 is 1.03 bits per heavy atom. The molecule has 0 atom stereocenters. The van der Waals surface area contributed by atoms with Gasteiger partial charge < -0.3 is 20.1 Å². The first-order valence-electron chi connectivity index (χ1n) is 14.2. The van der Waals surface area contributed by atoms with Crippen LogP contribution in [0.25, 0.3) is 11.0 Å². The van der Waals surface area contributed by atoms with Crippen LogP contribution in [-0.2, 0) is 5.54 Å². The number of anilines is 3. The highest BCUT2D eigenvalue weighted by molar-refractivity contribution is 5.99. The van der Waals surface area contributed by atoms with Crippen molar-refractivity contribution >= 4 is 34.4 Å². The molecule has 2 fully saturated rings. The molecule has 0 aromatic carbocycles. The van der Waals surface area contributed by atoms with Gasteiger partial charge >= 0.3 is 0 Å². The fourth-order valence-electron chi connectivity index (χ4n) is 6.21. The van der Waals surface area contributed by atoms with Crippen LogP contribution in [-0.4, -0.2) is 69.6 Å². The number of amides is 1. The quantitative estimate of drug-likeness (QED) is 0.515. The molecule has 1 amide bonds. The van der Waals surface area contributed by atoms with Gasteiger partial charge in [0.15, 0.2) is 0 Å². The number of hydrogen-bond donors (Lipinski definition) is 2. The number of rotatable bonds is 5. The van der Waals surface area contributed by atoms with Gasteiger partial charge in [-0.05, 0) is 49.4 Å². The Labute approximate surface area is 225 Å². The molecule has 1 saturated carbocycles. The predicted octanol–water partition coefficient (Wildman–Crippen LogP) is 4.53. The minimum Gasteiger partial charge on any atom is -0.368 e. The number of carbonyl (C=O) groups is 1. The molecule has 0 radical (unpaired) electrons. The summed E-state index contributed by atoms with van der Waals surface area (Å²) in [6.07, 6.45) is 10.7. The van der Waals surface area contributed by atoms with Gasteiger partial charge in [-0.3, -0.25) is 9.69 Å². The largest absolute Gasteiger partial charge is 0.368 e. The Morgan fingerprint density at radius 2 is 1.82 bits per heavy atom. The molecule has 1 aliphatic carbocycles. The topological polar surface area (TPSA) is 91.2 Å². The Kier molecular flexibility index (Phi) is 6.50. The summed E-state index contributed by atoms with van der Waals surface area (Å²) in [5.41, 5.74) is 2.96. The third kappa shape index (κ3) is 4.96. The van der Waals surface area contributed by atoms with E-state index in [4.69, 9.17) is 4.98 Å². The Balaban J connectivity index is 1.16. The first-order valence-corrected chi connectivity index (χ1v) is 14.2. The smallest absolute Gasteiger partial charge is 0.268 e. The van der Waals surface area contributed by atoms with E-state index < -0.39 is 0 Å². The van der Waals surface area contributed by atoms with E-state index in [1.165, 1.54) is 32.2 Å². The lowest BCUT2D eigenvalue weighted by atomic mass is 9.80. The maximum absolute atomic E-state index is 12.7. The van der Waals surface area contributed by atoms with E-state index in [1.807, 2.05) is 24.5 Å². The van der Waals surface area contributed by atoms with Crippen molar-refractivity contribution in [2.45, 2.75) is 64.8 Å². The van der Waals surface area contributed by atoms with E-state index in [2.05, 4.69) is 61.8 Å². The highest BCUT2D eigenvalue weighted by Gasteiger charge is 2.41. The Bertz CT molecular complexity index is 1290. The zero-order chi connectivity index (χ0) is 26.3.